The van der Waals surface area contributed by atoms with Gasteiger partial charge >= 0.3 is 0 Å². The van der Waals surface area contributed by atoms with Crippen molar-refractivity contribution < 1.29 is 9.59 Å². The number of rotatable bonds is 7. The number of halogens is 1. The summed E-state index contributed by atoms with van der Waals surface area (Å²) in [7, 11) is 0. The van der Waals surface area contributed by atoms with E-state index in [1.165, 1.54) is 0 Å². The molecule has 0 aliphatic carbocycles. The number of nitrogens with one attached hydrogen (secondary N) is 2. The van der Waals surface area contributed by atoms with Crippen molar-refractivity contribution in [2.75, 3.05) is 11.1 Å². The molecule has 0 radical (unpaired) electrons. The van der Waals surface area contributed by atoms with Crippen LogP contribution < -0.4 is 16.4 Å². The Morgan fingerprint density at radius 3 is 2.24 bits per heavy atom. The Morgan fingerprint density at radius 2 is 1.55 bits per heavy atom. The molecule has 0 aromatic heterocycles. The van der Waals surface area contributed by atoms with Crippen LogP contribution in [0.5, 0.6) is 0 Å². The van der Waals surface area contributed by atoms with E-state index in [4.69, 9.17) is 17.3 Å². The van der Waals surface area contributed by atoms with E-state index in [0.717, 1.165) is 5.56 Å². The average Bonchev–Trinajstić information content (AvgIpc) is 2.73. The summed E-state index contributed by atoms with van der Waals surface area (Å²) < 4.78 is 0. The Bertz CT molecular complexity index is 975. The summed E-state index contributed by atoms with van der Waals surface area (Å²) in [5.41, 5.74) is 8.69. The molecule has 0 saturated heterocycles. The molecular weight excluding hydrogens is 386 g/mol. The second-order valence-corrected chi connectivity index (χ2v) is 7.05. The highest BCUT2D eigenvalue weighted by atomic mass is 35.5. The molecule has 0 bridgehead atoms. The predicted octanol–water partition coefficient (Wildman–Crippen LogP) is 4.35. The van der Waals surface area contributed by atoms with Gasteiger partial charge in [0.15, 0.2) is 0 Å². The fraction of sp³-hybridized carbons (Fsp3) is 0.130. The highest BCUT2D eigenvalue weighted by Gasteiger charge is 2.24. The third-order valence-electron chi connectivity index (χ3n) is 4.47. The van der Waals surface area contributed by atoms with Crippen molar-refractivity contribution in [2.24, 2.45) is 0 Å². The van der Waals surface area contributed by atoms with Gasteiger partial charge in [-0.2, -0.15) is 0 Å². The van der Waals surface area contributed by atoms with E-state index in [1.807, 2.05) is 30.3 Å². The second-order valence-electron chi connectivity index (χ2n) is 6.61. The van der Waals surface area contributed by atoms with E-state index in [2.05, 4.69) is 10.6 Å². The molecule has 0 spiro atoms. The van der Waals surface area contributed by atoms with Gasteiger partial charge in [0.2, 0.25) is 5.91 Å². The molecule has 2 amide bonds. The zero-order valence-corrected chi connectivity index (χ0v) is 16.5. The highest BCUT2D eigenvalue weighted by molar-refractivity contribution is 6.30. The van der Waals surface area contributed by atoms with Crippen LogP contribution in [0.3, 0.4) is 0 Å². The van der Waals surface area contributed by atoms with Gasteiger partial charge in [-0.25, -0.2) is 0 Å². The van der Waals surface area contributed by atoms with Crippen LogP contribution in [0.2, 0.25) is 5.02 Å². The molecule has 0 saturated carbocycles. The van der Waals surface area contributed by atoms with Crippen molar-refractivity contribution >= 4 is 34.8 Å². The topological polar surface area (TPSA) is 84.2 Å². The standard InChI is InChI=1S/C23H22ClN3O2/c24-17-11-13-18(14-12-17)26-23(29)22(19-8-4-5-9-20(19)25)27-21(28)15-10-16-6-2-1-3-7-16/h1-9,11-14,22H,10,15,25H2,(H,26,29)(H,27,28). The lowest BCUT2D eigenvalue weighted by molar-refractivity contribution is -0.126. The number of nitrogens with two attached hydrogens (primary N) is 1. The number of carbonyl (C=O) groups excluding carboxylic acids is 2. The zero-order valence-electron chi connectivity index (χ0n) is 15.8. The maximum absolute atomic E-state index is 12.9. The summed E-state index contributed by atoms with van der Waals surface area (Å²) in [6.07, 6.45) is 0.851. The molecule has 0 fully saturated rings. The Hall–Kier alpha value is -3.31. The average molecular weight is 408 g/mol. The lowest BCUT2D eigenvalue weighted by Crippen LogP contribution is -2.37. The van der Waals surface area contributed by atoms with Gasteiger partial charge in [0.05, 0.1) is 0 Å². The second kappa shape index (κ2) is 9.75. The van der Waals surface area contributed by atoms with Gasteiger partial charge in [0, 0.05) is 28.4 Å². The van der Waals surface area contributed by atoms with Crippen molar-refractivity contribution in [3.63, 3.8) is 0 Å². The Kier molecular flexibility index (Phi) is 6.87. The number of benzene rings is 3. The number of hydrogen-bond donors (Lipinski definition) is 3. The number of carbonyl (C=O) groups is 2. The van der Waals surface area contributed by atoms with E-state index >= 15 is 0 Å². The Balaban J connectivity index is 1.74. The SMILES string of the molecule is Nc1ccccc1C(NC(=O)CCc1ccccc1)C(=O)Nc1ccc(Cl)cc1. The first kappa shape index (κ1) is 20.4. The molecule has 148 valence electrons. The van der Waals surface area contributed by atoms with Crippen LogP contribution in [0.4, 0.5) is 11.4 Å². The monoisotopic (exact) mass is 407 g/mol. The summed E-state index contributed by atoms with van der Waals surface area (Å²) in [5, 5.41) is 6.20. The van der Waals surface area contributed by atoms with Gasteiger partial charge in [-0.1, -0.05) is 60.1 Å². The van der Waals surface area contributed by atoms with Crippen LogP contribution in [-0.2, 0) is 16.0 Å². The van der Waals surface area contributed by atoms with Gasteiger partial charge in [-0.05, 0) is 42.3 Å². The van der Waals surface area contributed by atoms with Gasteiger partial charge in [0.1, 0.15) is 6.04 Å². The van der Waals surface area contributed by atoms with Gasteiger partial charge in [-0.15, -0.1) is 0 Å². The molecule has 5 nitrogen and oxygen atoms in total. The zero-order chi connectivity index (χ0) is 20.6. The summed E-state index contributed by atoms with van der Waals surface area (Å²) in [5.74, 6) is -0.605. The van der Waals surface area contributed by atoms with E-state index in [1.54, 1.807) is 48.5 Å². The Labute approximate surface area is 174 Å². The van der Waals surface area contributed by atoms with Crippen molar-refractivity contribution in [2.45, 2.75) is 18.9 Å². The summed E-state index contributed by atoms with van der Waals surface area (Å²) >= 11 is 5.90. The molecule has 6 heteroatoms. The summed E-state index contributed by atoms with van der Waals surface area (Å²) in [4.78, 5) is 25.5. The third-order valence-corrected chi connectivity index (χ3v) is 4.72. The molecule has 3 aromatic rings. The van der Waals surface area contributed by atoms with E-state index in [9.17, 15) is 9.59 Å². The van der Waals surface area contributed by atoms with Crippen LogP contribution in [-0.4, -0.2) is 11.8 Å². The molecule has 0 aliphatic heterocycles. The van der Waals surface area contributed by atoms with Crippen LogP contribution >= 0.6 is 11.6 Å². The fourth-order valence-corrected chi connectivity index (χ4v) is 3.07. The van der Waals surface area contributed by atoms with Gasteiger partial charge < -0.3 is 16.4 Å². The van der Waals surface area contributed by atoms with Gasteiger partial charge in [-0.3, -0.25) is 9.59 Å². The lowest BCUT2D eigenvalue weighted by Gasteiger charge is -2.20. The Morgan fingerprint density at radius 1 is 0.897 bits per heavy atom. The molecule has 3 rings (SSSR count). The molecule has 29 heavy (non-hydrogen) atoms. The van der Waals surface area contributed by atoms with Crippen LogP contribution in [0.25, 0.3) is 0 Å². The third kappa shape index (κ3) is 5.83. The van der Waals surface area contributed by atoms with E-state index in [0.29, 0.717) is 28.4 Å². The molecule has 3 aromatic carbocycles. The number of aryl methyl sites for hydroxylation is 1. The summed E-state index contributed by atoms with van der Waals surface area (Å²) in [6, 6.07) is 22.6. The number of hydrogen-bond acceptors (Lipinski definition) is 3. The maximum Gasteiger partial charge on any atom is 0.251 e. The molecule has 1 atom stereocenters. The largest absolute Gasteiger partial charge is 0.398 e. The summed E-state index contributed by atoms with van der Waals surface area (Å²) in [6.45, 7) is 0. The number of amides is 2. The minimum atomic E-state index is -0.907. The molecular formula is C23H22ClN3O2. The van der Waals surface area contributed by atoms with Crippen LogP contribution in [0, 0.1) is 0 Å². The fourth-order valence-electron chi connectivity index (χ4n) is 2.94. The predicted molar refractivity (Wildman–Crippen MR) is 117 cm³/mol. The maximum atomic E-state index is 12.9. The van der Waals surface area contributed by atoms with Crippen molar-refractivity contribution in [3.8, 4) is 0 Å². The number of nitrogen functional groups attached to an aromatic ring is 1. The number of anilines is 2. The van der Waals surface area contributed by atoms with Crippen LogP contribution in [0.1, 0.15) is 23.6 Å². The first-order valence-electron chi connectivity index (χ1n) is 9.27. The van der Waals surface area contributed by atoms with Crippen molar-refractivity contribution in [1.82, 2.24) is 5.32 Å². The quantitative estimate of drug-likeness (QED) is 0.509. The normalized spacial score (nSPS) is 11.5. The van der Waals surface area contributed by atoms with Crippen molar-refractivity contribution in [3.05, 3.63) is 95.0 Å². The lowest BCUT2D eigenvalue weighted by atomic mass is 10.0. The molecule has 0 heterocycles. The minimum Gasteiger partial charge on any atom is -0.398 e. The van der Waals surface area contributed by atoms with E-state index < -0.39 is 6.04 Å². The minimum absolute atomic E-state index is 0.228. The van der Waals surface area contributed by atoms with Gasteiger partial charge in [0.25, 0.3) is 5.91 Å². The molecule has 4 N–H and O–H groups in total. The highest BCUT2D eigenvalue weighted by Crippen LogP contribution is 2.23. The molecule has 1 unspecified atom stereocenters. The first-order chi connectivity index (χ1) is 14.0. The first-order valence-corrected chi connectivity index (χ1v) is 9.65. The van der Waals surface area contributed by atoms with Crippen molar-refractivity contribution in [1.29, 1.82) is 0 Å². The smallest absolute Gasteiger partial charge is 0.251 e. The van der Waals surface area contributed by atoms with E-state index in [-0.39, 0.29) is 18.2 Å². The number of para-hydroxylation sites is 1. The van der Waals surface area contributed by atoms with Crippen LogP contribution in [0.15, 0.2) is 78.9 Å². The molecule has 0 aliphatic rings.